The largest absolute Gasteiger partial charge is 0.393 e. The number of hydrogen-bond donors (Lipinski definition) is 1. The molecule has 1 saturated carbocycles. The highest BCUT2D eigenvalue weighted by Crippen LogP contribution is 2.29. The quantitative estimate of drug-likeness (QED) is 0.706. The molecule has 2 aliphatic rings. The number of aliphatic hydroxyl groups is 1. The second-order valence-electron chi connectivity index (χ2n) is 4.80. The molecule has 4 nitrogen and oxygen atoms in total. The number of amides is 2. The lowest BCUT2D eigenvalue weighted by Crippen LogP contribution is -2.35. The minimum absolute atomic E-state index is 0.163. The van der Waals surface area contributed by atoms with Crippen LogP contribution in [0, 0.1) is 5.92 Å². The second kappa shape index (κ2) is 4.01. The Morgan fingerprint density at radius 3 is 2.19 bits per heavy atom. The molecule has 0 aromatic heterocycles. The van der Waals surface area contributed by atoms with E-state index in [0.717, 1.165) is 12.8 Å². The van der Waals surface area contributed by atoms with Gasteiger partial charge in [0.1, 0.15) is 0 Å². The van der Waals surface area contributed by atoms with E-state index in [0.29, 0.717) is 24.1 Å². The summed E-state index contributed by atoms with van der Waals surface area (Å²) < 4.78 is 0. The molecule has 0 radical (unpaired) electrons. The first kappa shape index (κ1) is 11.3. The van der Waals surface area contributed by atoms with Crippen LogP contribution in [-0.4, -0.2) is 34.5 Å². The van der Waals surface area contributed by atoms with E-state index < -0.39 is 0 Å². The molecule has 0 aromatic carbocycles. The van der Waals surface area contributed by atoms with Gasteiger partial charge < -0.3 is 5.11 Å². The minimum atomic E-state index is -0.257. The van der Waals surface area contributed by atoms with Gasteiger partial charge in [0, 0.05) is 17.7 Å². The Labute approximate surface area is 94.9 Å². The number of carbonyl (C=O) groups is 2. The highest BCUT2D eigenvalue weighted by atomic mass is 16.3. The van der Waals surface area contributed by atoms with Crippen LogP contribution in [-0.2, 0) is 9.59 Å². The average molecular weight is 223 g/mol. The average Bonchev–Trinajstić information content (AvgIpc) is 2.73. The molecule has 2 amide bonds. The molecule has 1 aliphatic carbocycles. The van der Waals surface area contributed by atoms with Crippen molar-refractivity contribution in [2.24, 2.45) is 5.92 Å². The van der Waals surface area contributed by atoms with Gasteiger partial charge in [0.25, 0.3) is 11.8 Å². The van der Waals surface area contributed by atoms with Gasteiger partial charge in [-0.25, -0.2) is 0 Å². The first-order chi connectivity index (χ1) is 7.50. The summed E-state index contributed by atoms with van der Waals surface area (Å²) in [6.07, 6.45) is 2.13. The fourth-order valence-electron chi connectivity index (χ4n) is 2.46. The van der Waals surface area contributed by atoms with E-state index in [1.54, 1.807) is 13.8 Å². The molecule has 4 heteroatoms. The van der Waals surface area contributed by atoms with Gasteiger partial charge in [-0.05, 0) is 39.0 Å². The van der Waals surface area contributed by atoms with Crippen molar-refractivity contribution in [3.63, 3.8) is 0 Å². The van der Waals surface area contributed by atoms with Crippen LogP contribution < -0.4 is 0 Å². The third-order valence-corrected chi connectivity index (χ3v) is 3.65. The number of rotatable bonds is 2. The molecule has 2 unspecified atom stereocenters. The number of aliphatic hydroxyl groups excluding tert-OH is 1. The minimum Gasteiger partial charge on any atom is -0.393 e. The Morgan fingerprint density at radius 2 is 1.75 bits per heavy atom. The number of carbonyl (C=O) groups excluding carboxylic acids is 2. The summed E-state index contributed by atoms with van der Waals surface area (Å²) in [5.74, 6) is -0.0608. The van der Waals surface area contributed by atoms with Gasteiger partial charge in [-0.15, -0.1) is 0 Å². The van der Waals surface area contributed by atoms with Crippen LogP contribution in [0.25, 0.3) is 0 Å². The van der Waals surface area contributed by atoms with E-state index in [1.165, 1.54) is 4.90 Å². The molecule has 0 spiro atoms. The van der Waals surface area contributed by atoms with Gasteiger partial charge in [-0.3, -0.25) is 14.5 Å². The first-order valence-electron chi connectivity index (χ1n) is 5.72. The monoisotopic (exact) mass is 223 g/mol. The first-order valence-corrected chi connectivity index (χ1v) is 5.72. The molecule has 2 atom stereocenters. The fraction of sp³-hybridized carbons (Fsp3) is 0.667. The van der Waals surface area contributed by atoms with Gasteiger partial charge in [0.15, 0.2) is 0 Å². The van der Waals surface area contributed by atoms with E-state index in [4.69, 9.17) is 0 Å². The zero-order chi connectivity index (χ0) is 11.9. The van der Waals surface area contributed by atoms with Crippen molar-refractivity contribution in [3.8, 4) is 0 Å². The number of imide groups is 1. The Hall–Kier alpha value is -1.16. The zero-order valence-corrected chi connectivity index (χ0v) is 9.69. The maximum Gasteiger partial charge on any atom is 0.256 e. The SMILES string of the molecule is CC1=C(C)C(=O)N(CC2CCC(O)C2)C1=O. The second-order valence-corrected chi connectivity index (χ2v) is 4.80. The summed E-state index contributed by atoms with van der Waals surface area (Å²) in [7, 11) is 0. The molecule has 16 heavy (non-hydrogen) atoms. The van der Waals surface area contributed by atoms with Gasteiger partial charge in [-0.2, -0.15) is 0 Å². The summed E-state index contributed by atoms with van der Waals surface area (Å²) >= 11 is 0. The predicted molar refractivity (Wildman–Crippen MR) is 58.4 cm³/mol. The third-order valence-electron chi connectivity index (χ3n) is 3.65. The summed E-state index contributed by atoms with van der Waals surface area (Å²) in [5, 5.41) is 9.41. The maximum atomic E-state index is 11.8. The van der Waals surface area contributed by atoms with Crippen LogP contribution in [0.2, 0.25) is 0 Å². The molecule has 0 aromatic rings. The van der Waals surface area contributed by atoms with Gasteiger partial charge >= 0.3 is 0 Å². The molecular formula is C12H17NO3. The summed E-state index contributed by atoms with van der Waals surface area (Å²) in [6.45, 7) is 3.85. The molecule has 1 N–H and O–H groups in total. The smallest absolute Gasteiger partial charge is 0.256 e. The molecule has 1 aliphatic heterocycles. The van der Waals surface area contributed by atoms with Gasteiger partial charge in [0.05, 0.1) is 6.10 Å². The van der Waals surface area contributed by atoms with E-state index in [1.807, 2.05) is 0 Å². The Kier molecular flexibility index (Phi) is 2.84. The molecule has 88 valence electrons. The van der Waals surface area contributed by atoms with E-state index in [9.17, 15) is 14.7 Å². The zero-order valence-electron chi connectivity index (χ0n) is 9.69. The lowest BCUT2D eigenvalue weighted by molar-refractivity contribution is -0.138. The molecule has 1 heterocycles. The van der Waals surface area contributed by atoms with Crippen LogP contribution in [0.1, 0.15) is 33.1 Å². The van der Waals surface area contributed by atoms with Crippen molar-refractivity contribution in [2.75, 3.05) is 6.54 Å². The van der Waals surface area contributed by atoms with Crippen LogP contribution in [0.4, 0.5) is 0 Å². The molecule has 2 rings (SSSR count). The van der Waals surface area contributed by atoms with Crippen molar-refractivity contribution in [1.29, 1.82) is 0 Å². The summed E-state index contributed by atoms with van der Waals surface area (Å²) in [6, 6.07) is 0. The standard InChI is InChI=1S/C12H17NO3/c1-7-8(2)12(16)13(11(7)15)6-9-3-4-10(14)5-9/h9-10,14H,3-6H2,1-2H3. The van der Waals surface area contributed by atoms with Crippen LogP contribution in [0.15, 0.2) is 11.1 Å². The van der Waals surface area contributed by atoms with Crippen molar-refractivity contribution in [3.05, 3.63) is 11.1 Å². The highest BCUT2D eigenvalue weighted by Gasteiger charge is 2.36. The lowest BCUT2D eigenvalue weighted by Gasteiger charge is -2.19. The molecular weight excluding hydrogens is 206 g/mol. The van der Waals surface area contributed by atoms with Crippen molar-refractivity contribution < 1.29 is 14.7 Å². The van der Waals surface area contributed by atoms with Crippen LogP contribution in [0.3, 0.4) is 0 Å². The number of hydrogen-bond acceptors (Lipinski definition) is 3. The Morgan fingerprint density at radius 1 is 1.19 bits per heavy atom. The van der Waals surface area contributed by atoms with Crippen molar-refractivity contribution in [1.82, 2.24) is 4.90 Å². The summed E-state index contributed by atoms with van der Waals surface area (Å²) in [4.78, 5) is 24.9. The van der Waals surface area contributed by atoms with E-state index in [-0.39, 0.29) is 23.8 Å². The van der Waals surface area contributed by atoms with E-state index >= 15 is 0 Å². The fourth-order valence-corrected chi connectivity index (χ4v) is 2.46. The highest BCUT2D eigenvalue weighted by molar-refractivity contribution is 6.18. The topological polar surface area (TPSA) is 57.6 Å². The lowest BCUT2D eigenvalue weighted by atomic mass is 10.1. The van der Waals surface area contributed by atoms with Gasteiger partial charge in [0.2, 0.25) is 0 Å². The summed E-state index contributed by atoms with van der Waals surface area (Å²) in [5.41, 5.74) is 1.12. The van der Waals surface area contributed by atoms with Crippen LogP contribution >= 0.6 is 0 Å². The molecule has 1 fully saturated rings. The normalized spacial score (nSPS) is 30.8. The molecule has 0 bridgehead atoms. The van der Waals surface area contributed by atoms with Crippen molar-refractivity contribution >= 4 is 11.8 Å². The van der Waals surface area contributed by atoms with Crippen molar-refractivity contribution in [2.45, 2.75) is 39.2 Å². The molecule has 0 saturated heterocycles. The Balaban J connectivity index is 2.03. The predicted octanol–water partition coefficient (Wildman–Crippen LogP) is 0.853. The van der Waals surface area contributed by atoms with Gasteiger partial charge in [-0.1, -0.05) is 0 Å². The third kappa shape index (κ3) is 1.78. The number of nitrogens with zero attached hydrogens (tertiary/aromatic N) is 1. The van der Waals surface area contributed by atoms with Crippen LogP contribution in [0.5, 0.6) is 0 Å². The van der Waals surface area contributed by atoms with E-state index in [2.05, 4.69) is 0 Å². The Bertz CT molecular complexity index is 348. The maximum absolute atomic E-state index is 11.8.